The first kappa shape index (κ1) is 10.1. The van der Waals surface area contributed by atoms with Gasteiger partial charge in [0.05, 0.1) is 20.2 Å². The van der Waals surface area contributed by atoms with E-state index in [-0.39, 0.29) is 0 Å². The van der Waals surface area contributed by atoms with Crippen LogP contribution >= 0.6 is 0 Å². The normalized spacial score (nSPS) is 12.5. The molecule has 1 aromatic carbocycles. The van der Waals surface area contributed by atoms with Gasteiger partial charge in [-0.15, -0.1) is 0 Å². The van der Waals surface area contributed by atoms with Gasteiger partial charge in [-0.05, 0) is 18.6 Å². The van der Waals surface area contributed by atoms with Gasteiger partial charge in [0.25, 0.3) is 0 Å². The van der Waals surface area contributed by atoms with Gasteiger partial charge in [-0.3, -0.25) is 0 Å². The minimum atomic E-state index is 0.608. The largest absolute Gasteiger partial charge is 0.496 e. The molecule has 0 fully saturated rings. The van der Waals surface area contributed by atoms with Crippen LogP contribution in [0.3, 0.4) is 0 Å². The molecule has 0 spiro atoms. The number of quaternary nitrogens is 1. The topological polar surface area (TPSA) is 25.8 Å². The molecule has 0 amide bonds. The van der Waals surface area contributed by atoms with Gasteiger partial charge in [0, 0.05) is 6.42 Å². The lowest BCUT2D eigenvalue weighted by molar-refractivity contribution is -0.659. The van der Waals surface area contributed by atoms with E-state index in [2.05, 4.69) is 31.4 Å². The van der Waals surface area contributed by atoms with Gasteiger partial charge in [0.2, 0.25) is 0 Å². The number of nitrogens with two attached hydrogens (primary N) is 1. The maximum absolute atomic E-state index is 5.28. The smallest absolute Gasteiger partial charge is 0.122 e. The summed E-state index contributed by atoms with van der Waals surface area (Å²) in [6.07, 6.45) is 1.06. The fourth-order valence-corrected chi connectivity index (χ4v) is 1.34. The summed E-state index contributed by atoms with van der Waals surface area (Å²) in [6.45, 7) is 2.21. The van der Waals surface area contributed by atoms with Crippen molar-refractivity contribution < 1.29 is 10.1 Å². The molecular formula is C11H18NO+. The van der Waals surface area contributed by atoms with Crippen LogP contribution in [0.5, 0.6) is 5.75 Å². The van der Waals surface area contributed by atoms with E-state index in [4.69, 9.17) is 4.74 Å². The highest BCUT2D eigenvalue weighted by atomic mass is 16.5. The third-order valence-electron chi connectivity index (χ3n) is 2.30. The van der Waals surface area contributed by atoms with Crippen LogP contribution in [0, 0.1) is 0 Å². The average Bonchev–Trinajstić information content (AvgIpc) is 2.18. The molecule has 1 atom stereocenters. The van der Waals surface area contributed by atoms with Gasteiger partial charge in [-0.2, -0.15) is 0 Å². The molecule has 0 unspecified atom stereocenters. The number of rotatable bonds is 4. The van der Waals surface area contributed by atoms with Gasteiger partial charge < -0.3 is 10.1 Å². The van der Waals surface area contributed by atoms with E-state index in [1.807, 2.05) is 12.1 Å². The molecule has 0 aliphatic carbocycles. The van der Waals surface area contributed by atoms with E-state index in [0.29, 0.717) is 6.04 Å². The Morgan fingerprint density at radius 3 is 2.69 bits per heavy atom. The summed E-state index contributed by atoms with van der Waals surface area (Å²) in [7, 11) is 3.82. The minimum absolute atomic E-state index is 0.608. The first-order valence-electron chi connectivity index (χ1n) is 4.69. The molecule has 0 aliphatic rings. The van der Waals surface area contributed by atoms with E-state index < -0.39 is 0 Å². The van der Waals surface area contributed by atoms with Crippen molar-refractivity contribution in [3.63, 3.8) is 0 Å². The van der Waals surface area contributed by atoms with Crippen molar-refractivity contribution in [1.82, 2.24) is 0 Å². The van der Waals surface area contributed by atoms with Crippen LogP contribution in [0.4, 0.5) is 0 Å². The van der Waals surface area contributed by atoms with Crippen LogP contribution in [-0.4, -0.2) is 20.2 Å². The van der Waals surface area contributed by atoms with Crippen molar-refractivity contribution >= 4 is 0 Å². The number of benzene rings is 1. The standard InChI is InChI=1S/C11H17NO/c1-9(12-2)8-10-6-4-5-7-11(10)13-3/h4-7,9,12H,8H2,1-3H3/p+1/t9-/m1/s1. The third kappa shape index (κ3) is 2.74. The lowest BCUT2D eigenvalue weighted by Crippen LogP contribution is -2.85. The van der Waals surface area contributed by atoms with E-state index in [1.54, 1.807) is 7.11 Å². The quantitative estimate of drug-likeness (QED) is 0.729. The molecule has 0 heterocycles. The van der Waals surface area contributed by atoms with Gasteiger partial charge in [0.15, 0.2) is 0 Å². The van der Waals surface area contributed by atoms with E-state index in [0.717, 1.165) is 12.2 Å². The second kappa shape index (κ2) is 4.87. The summed E-state index contributed by atoms with van der Waals surface area (Å²) in [5, 5.41) is 2.21. The number of methoxy groups -OCH3 is 1. The second-order valence-electron chi connectivity index (χ2n) is 3.33. The van der Waals surface area contributed by atoms with Crippen molar-refractivity contribution in [3.05, 3.63) is 29.8 Å². The highest BCUT2D eigenvalue weighted by Crippen LogP contribution is 2.17. The molecule has 0 saturated carbocycles. The number of likely N-dealkylation sites (N-methyl/N-ethyl adjacent to an activating group) is 1. The Kier molecular flexibility index (Phi) is 3.77. The zero-order chi connectivity index (χ0) is 9.68. The van der Waals surface area contributed by atoms with E-state index in [9.17, 15) is 0 Å². The zero-order valence-electron chi connectivity index (χ0n) is 8.58. The predicted octanol–water partition coefficient (Wildman–Crippen LogP) is 0.819. The number of ether oxygens (including phenoxy) is 1. The molecule has 0 bridgehead atoms. The van der Waals surface area contributed by atoms with Crippen molar-refractivity contribution in [2.45, 2.75) is 19.4 Å². The Balaban J connectivity index is 2.74. The summed E-state index contributed by atoms with van der Waals surface area (Å²) in [4.78, 5) is 0. The van der Waals surface area contributed by atoms with Crippen molar-refractivity contribution in [1.29, 1.82) is 0 Å². The lowest BCUT2D eigenvalue weighted by atomic mass is 10.1. The second-order valence-corrected chi connectivity index (χ2v) is 3.33. The van der Waals surface area contributed by atoms with Crippen LogP contribution in [0.25, 0.3) is 0 Å². The molecule has 2 N–H and O–H groups in total. The Bertz CT molecular complexity index is 260. The maximum atomic E-state index is 5.28. The minimum Gasteiger partial charge on any atom is -0.496 e. The fraction of sp³-hybridized carbons (Fsp3) is 0.455. The summed E-state index contributed by atoms with van der Waals surface area (Å²) in [6, 6.07) is 8.80. The van der Waals surface area contributed by atoms with Gasteiger partial charge in [-0.1, -0.05) is 18.2 Å². The molecule has 0 aromatic heterocycles. The maximum Gasteiger partial charge on any atom is 0.122 e. The van der Waals surface area contributed by atoms with Crippen molar-refractivity contribution in [2.24, 2.45) is 0 Å². The molecule has 1 aromatic rings. The Hall–Kier alpha value is -1.02. The highest BCUT2D eigenvalue weighted by molar-refractivity contribution is 5.33. The summed E-state index contributed by atoms with van der Waals surface area (Å²) in [5.74, 6) is 0.996. The van der Waals surface area contributed by atoms with Crippen molar-refractivity contribution in [2.75, 3.05) is 14.2 Å². The van der Waals surface area contributed by atoms with E-state index in [1.165, 1.54) is 5.56 Å². The molecule has 13 heavy (non-hydrogen) atoms. The van der Waals surface area contributed by atoms with Gasteiger partial charge >= 0.3 is 0 Å². The van der Waals surface area contributed by atoms with Crippen LogP contribution < -0.4 is 10.1 Å². The molecule has 0 aliphatic heterocycles. The molecule has 2 nitrogen and oxygen atoms in total. The Labute approximate surface area is 79.9 Å². The molecule has 72 valence electrons. The van der Waals surface area contributed by atoms with Crippen LogP contribution in [-0.2, 0) is 6.42 Å². The SMILES string of the molecule is C[NH2+][C@H](C)Cc1ccccc1OC. The number of hydrogen-bond acceptors (Lipinski definition) is 1. The van der Waals surface area contributed by atoms with Gasteiger partial charge in [-0.25, -0.2) is 0 Å². The number of hydrogen-bond donors (Lipinski definition) is 1. The van der Waals surface area contributed by atoms with Crippen LogP contribution in [0.15, 0.2) is 24.3 Å². The summed E-state index contributed by atoms with van der Waals surface area (Å²) in [5.41, 5.74) is 1.29. The molecular weight excluding hydrogens is 162 g/mol. The lowest BCUT2D eigenvalue weighted by Gasteiger charge is -2.10. The average molecular weight is 180 g/mol. The molecule has 0 radical (unpaired) electrons. The first-order valence-corrected chi connectivity index (χ1v) is 4.69. The Morgan fingerprint density at radius 2 is 2.08 bits per heavy atom. The summed E-state index contributed by atoms with van der Waals surface area (Å²) < 4.78 is 5.28. The predicted molar refractivity (Wildman–Crippen MR) is 54.0 cm³/mol. The monoisotopic (exact) mass is 180 g/mol. The first-order chi connectivity index (χ1) is 6.27. The van der Waals surface area contributed by atoms with E-state index >= 15 is 0 Å². The van der Waals surface area contributed by atoms with Crippen molar-refractivity contribution in [3.8, 4) is 5.75 Å². The highest BCUT2D eigenvalue weighted by Gasteiger charge is 2.07. The molecule has 2 heteroatoms. The van der Waals surface area contributed by atoms with Crippen LogP contribution in [0.2, 0.25) is 0 Å². The number of para-hydroxylation sites is 1. The van der Waals surface area contributed by atoms with Gasteiger partial charge in [0.1, 0.15) is 5.75 Å². The third-order valence-corrected chi connectivity index (χ3v) is 2.30. The summed E-state index contributed by atoms with van der Waals surface area (Å²) >= 11 is 0. The zero-order valence-corrected chi connectivity index (χ0v) is 8.58. The van der Waals surface area contributed by atoms with Crippen LogP contribution in [0.1, 0.15) is 12.5 Å². The molecule has 1 rings (SSSR count). The Morgan fingerprint density at radius 1 is 1.38 bits per heavy atom. The molecule has 0 saturated heterocycles. The fourth-order valence-electron chi connectivity index (χ4n) is 1.34.